The molecule has 7 nitrogen and oxygen atoms in total. The van der Waals surface area contributed by atoms with Gasteiger partial charge in [-0.2, -0.15) is 0 Å². The van der Waals surface area contributed by atoms with Crippen molar-refractivity contribution in [3.05, 3.63) is 60.9 Å². The molecule has 0 radical (unpaired) electrons. The first-order valence-corrected chi connectivity index (χ1v) is 9.24. The Kier molecular flexibility index (Phi) is 4.34. The van der Waals surface area contributed by atoms with Crippen LogP contribution in [0.15, 0.2) is 60.9 Å². The molecule has 0 unspecified atom stereocenters. The molecule has 0 aliphatic carbocycles. The van der Waals surface area contributed by atoms with Crippen LogP contribution in [0.5, 0.6) is 11.5 Å². The van der Waals surface area contributed by atoms with Crippen molar-refractivity contribution in [1.82, 2.24) is 19.9 Å². The lowest BCUT2D eigenvalue weighted by atomic mass is 10.2. The number of nitrogens with one attached hydrogen (secondary N) is 1. The van der Waals surface area contributed by atoms with Crippen molar-refractivity contribution >= 4 is 17.0 Å². The fourth-order valence-electron chi connectivity index (χ4n) is 3.29. The van der Waals surface area contributed by atoms with Gasteiger partial charge < -0.3 is 19.4 Å². The van der Waals surface area contributed by atoms with Crippen LogP contribution in [-0.4, -0.2) is 46.2 Å². The van der Waals surface area contributed by atoms with Gasteiger partial charge in [0.2, 0.25) is 0 Å². The maximum Gasteiger partial charge on any atom is 0.167 e. The topological polar surface area (TPSA) is 76.2 Å². The summed E-state index contributed by atoms with van der Waals surface area (Å²) in [6, 6.07) is 17.5. The highest BCUT2D eigenvalue weighted by Crippen LogP contribution is 2.33. The monoisotopic (exact) mass is 373 g/mol. The molecule has 5 rings (SSSR count). The fourth-order valence-corrected chi connectivity index (χ4v) is 3.29. The number of anilines is 1. The standard InChI is InChI=1S/C21H19N5O2/c1-2-6-15(7-3-1)28-17-9-5-4-8-16(17)19-24-20-18(22-14-23-20)21(25-19)26-10-12-27-13-11-26/h1-9,14H,10-13H2,(H,22,23,24,25). The summed E-state index contributed by atoms with van der Waals surface area (Å²) in [4.78, 5) is 19.3. The van der Waals surface area contributed by atoms with Gasteiger partial charge in [0, 0.05) is 13.1 Å². The number of rotatable bonds is 4. The molecule has 140 valence electrons. The number of nitrogens with zero attached hydrogens (tertiary/aromatic N) is 4. The molecular formula is C21H19N5O2. The molecule has 28 heavy (non-hydrogen) atoms. The normalized spacial score (nSPS) is 14.4. The van der Waals surface area contributed by atoms with Crippen molar-refractivity contribution in [2.24, 2.45) is 0 Å². The maximum atomic E-state index is 6.10. The Bertz CT molecular complexity index is 1090. The van der Waals surface area contributed by atoms with Crippen LogP contribution in [0.1, 0.15) is 0 Å². The van der Waals surface area contributed by atoms with E-state index in [1.54, 1.807) is 6.33 Å². The van der Waals surface area contributed by atoms with E-state index in [0.29, 0.717) is 30.4 Å². The van der Waals surface area contributed by atoms with Crippen molar-refractivity contribution in [3.63, 3.8) is 0 Å². The highest BCUT2D eigenvalue weighted by Gasteiger charge is 2.20. The molecule has 7 heteroatoms. The van der Waals surface area contributed by atoms with Crippen LogP contribution in [0.3, 0.4) is 0 Å². The Morgan fingerprint density at radius 3 is 2.57 bits per heavy atom. The molecule has 0 spiro atoms. The van der Waals surface area contributed by atoms with E-state index in [1.165, 1.54) is 0 Å². The van der Waals surface area contributed by atoms with Gasteiger partial charge in [0.1, 0.15) is 17.0 Å². The largest absolute Gasteiger partial charge is 0.457 e. The van der Waals surface area contributed by atoms with Crippen LogP contribution in [0, 0.1) is 0 Å². The molecule has 1 aliphatic heterocycles. The molecule has 2 aromatic heterocycles. The summed E-state index contributed by atoms with van der Waals surface area (Å²) >= 11 is 0. The van der Waals surface area contributed by atoms with E-state index in [2.05, 4.69) is 14.9 Å². The highest BCUT2D eigenvalue weighted by molar-refractivity contribution is 5.85. The van der Waals surface area contributed by atoms with Crippen LogP contribution in [-0.2, 0) is 4.74 Å². The summed E-state index contributed by atoms with van der Waals surface area (Å²) in [5, 5.41) is 0. The number of para-hydroxylation sites is 2. The molecule has 1 N–H and O–H groups in total. The second-order valence-electron chi connectivity index (χ2n) is 6.48. The van der Waals surface area contributed by atoms with Crippen molar-refractivity contribution in [1.29, 1.82) is 0 Å². The molecule has 1 fully saturated rings. The summed E-state index contributed by atoms with van der Waals surface area (Å²) in [5.41, 5.74) is 2.31. The average Bonchev–Trinajstić information content (AvgIpc) is 3.24. The minimum atomic E-state index is 0.602. The number of aromatic nitrogens is 4. The van der Waals surface area contributed by atoms with E-state index >= 15 is 0 Å². The summed E-state index contributed by atoms with van der Waals surface area (Å²) in [7, 11) is 0. The van der Waals surface area contributed by atoms with Crippen LogP contribution in [0.4, 0.5) is 5.82 Å². The maximum absolute atomic E-state index is 6.10. The first kappa shape index (κ1) is 16.7. The first-order chi connectivity index (χ1) is 13.9. The lowest BCUT2D eigenvalue weighted by molar-refractivity contribution is 0.122. The van der Waals surface area contributed by atoms with Gasteiger partial charge in [0.15, 0.2) is 17.3 Å². The van der Waals surface area contributed by atoms with E-state index in [0.717, 1.165) is 35.7 Å². The molecule has 4 aromatic rings. The fraction of sp³-hybridized carbons (Fsp3) is 0.190. The van der Waals surface area contributed by atoms with E-state index in [9.17, 15) is 0 Å². The minimum absolute atomic E-state index is 0.602. The third kappa shape index (κ3) is 3.16. The molecule has 3 heterocycles. The molecule has 2 aromatic carbocycles. The van der Waals surface area contributed by atoms with Crippen LogP contribution < -0.4 is 9.64 Å². The van der Waals surface area contributed by atoms with Gasteiger partial charge in [0.05, 0.1) is 25.1 Å². The number of imidazole rings is 1. The van der Waals surface area contributed by atoms with Gasteiger partial charge in [-0.05, 0) is 24.3 Å². The first-order valence-electron chi connectivity index (χ1n) is 9.24. The van der Waals surface area contributed by atoms with Crippen LogP contribution in [0.25, 0.3) is 22.6 Å². The summed E-state index contributed by atoms with van der Waals surface area (Å²) in [6.07, 6.45) is 1.65. The quantitative estimate of drug-likeness (QED) is 0.588. The Labute approximate surface area is 162 Å². The van der Waals surface area contributed by atoms with Gasteiger partial charge in [-0.1, -0.05) is 30.3 Å². The number of morpholine rings is 1. The van der Waals surface area contributed by atoms with Crippen LogP contribution >= 0.6 is 0 Å². The Morgan fingerprint density at radius 2 is 1.71 bits per heavy atom. The van der Waals surface area contributed by atoms with Crippen molar-refractivity contribution in [3.8, 4) is 22.9 Å². The summed E-state index contributed by atoms with van der Waals surface area (Å²) in [5.74, 6) is 2.90. The molecular weight excluding hydrogens is 354 g/mol. The van der Waals surface area contributed by atoms with Gasteiger partial charge in [0.25, 0.3) is 0 Å². The van der Waals surface area contributed by atoms with E-state index in [1.807, 2.05) is 54.6 Å². The number of benzene rings is 2. The molecule has 0 amide bonds. The average molecular weight is 373 g/mol. The van der Waals surface area contributed by atoms with Crippen LogP contribution in [0.2, 0.25) is 0 Å². The zero-order chi connectivity index (χ0) is 18.8. The van der Waals surface area contributed by atoms with E-state index < -0.39 is 0 Å². The van der Waals surface area contributed by atoms with E-state index in [-0.39, 0.29) is 0 Å². The van der Waals surface area contributed by atoms with Gasteiger partial charge in [-0.15, -0.1) is 0 Å². The number of hydrogen-bond acceptors (Lipinski definition) is 6. The Balaban J connectivity index is 1.60. The van der Waals surface area contributed by atoms with Crippen molar-refractivity contribution in [2.75, 3.05) is 31.2 Å². The molecule has 0 saturated carbocycles. The highest BCUT2D eigenvalue weighted by atomic mass is 16.5. The number of ether oxygens (including phenoxy) is 2. The van der Waals surface area contributed by atoms with Crippen molar-refractivity contribution < 1.29 is 9.47 Å². The SMILES string of the molecule is c1ccc(Oc2ccccc2-c2nc(N3CCOCC3)c3nc[nH]c3n2)cc1. The molecule has 1 aliphatic rings. The van der Waals surface area contributed by atoms with E-state index in [4.69, 9.17) is 19.4 Å². The third-order valence-electron chi connectivity index (χ3n) is 4.67. The van der Waals surface area contributed by atoms with Gasteiger partial charge >= 0.3 is 0 Å². The molecule has 0 atom stereocenters. The third-order valence-corrected chi connectivity index (χ3v) is 4.67. The van der Waals surface area contributed by atoms with Crippen molar-refractivity contribution in [2.45, 2.75) is 0 Å². The van der Waals surface area contributed by atoms with Gasteiger partial charge in [-0.3, -0.25) is 0 Å². The molecule has 0 bridgehead atoms. The predicted molar refractivity (Wildman–Crippen MR) is 107 cm³/mol. The number of H-pyrrole nitrogens is 1. The summed E-state index contributed by atoms with van der Waals surface area (Å²) < 4.78 is 11.6. The van der Waals surface area contributed by atoms with Gasteiger partial charge in [-0.25, -0.2) is 15.0 Å². The number of fused-ring (bicyclic) bond motifs is 1. The predicted octanol–water partition coefficient (Wildman–Crippen LogP) is 3.65. The lowest BCUT2D eigenvalue weighted by Crippen LogP contribution is -2.37. The Morgan fingerprint density at radius 1 is 0.929 bits per heavy atom. The smallest absolute Gasteiger partial charge is 0.167 e. The second-order valence-corrected chi connectivity index (χ2v) is 6.48. The number of hydrogen-bond donors (Lipinski definition) is 1. The lowest BCUT2D eigenvalue weighted by Gasteiger charge is -2.28. The molecule has 1 saturated heterocycles. The number of aromatic amines is 1. The zero-order valence-corrected chi connectivity index (χ0v) is 15.2. The zero-order valence-electron chi connectivity index (χ0n) is 15.2. The minimum Gasteiger partial charge on any atom is -0.457 e. The summed E-state index contributed by atoms with van der Waals surface area (Å²) in [6.45, 7) is 2.92. The Hall–Kier alpha value is -3.45. The second kappa shape index (κ2) is 7.28.